The predicted molar refractivity (Wildman–Crippen MR) is 46.6 cm³/mol. The van der Waals surface area contributed by atoms with E-state index in [0.29, 0.717) is 0 Å². The van der Waals surface area contributed by atoms with Crippen LogP contribution < -0.4 is 24.2 Å². The summed E-state index contributed by atoms with van der Waals surface area (Å²) < 4.78 is 11.4. The van der Waals surface area contributed by atoms with Crippen molar-refractivity contribution in [3.05, 3.63) is 30.3 Å². The van der Waals surface area contributed by atoms with Crippen LogP contribution >= 0.6 is 7.14 Å². The number of rotatable bonds is 1. The first-order valence-corrected chi connectivity index (χ1v) is 5.81. The molecule has 0 aromatic heterocycles. The molecule has 1 nitrogen and oxygen atoms in total. The van der Waals surface area contributed by atoms with E-state index in [1.165, 1.54) is 0 Å². The Balaban J connectivity index is 0. The van der Waals surface area contributed by atoms with Gasteiger partial charge in [-0.1, -0.05) is 30.3 Å². The summed E-state index contributed by atoms with van der Waals surface area (Å²) in [5.41, 5.74) is 0. The Morgan fingerprint density at radius 1 is 1.18 bits per heavy atom. The zero-order valence-electron chi connectivity index (χ0n) is 8.24. The zero-order chi connectivity index (χ0) is 7.61. The van der Waals surface area contributed by atoms with E-state index in [2.05, 4.69) is 0 Å². The van der Waals surface area contributed by atoms with Crippen molar-refractivity contribution in [2.75, 3.05) is 13.3 Å². The van der Waals surface area contributed by atoms with E-state index in [0.717, 1.165) is 5.30 Å². The third kappa shape index (κ3) is 3.30. The molecule has 0 N–H and O–H groups in total. The molecule has 0 aliphatic carbocycles. The average molecular weight is 162 g/mol. The van der Waals surface area contributed by atoms with Gasteiger partial charge >= 0.3 is 18.9 Å². The van der Waals surface area contributed by atoms with Crippen molar-refractivity contribution in [1.82, 2.24) is 0 Å². The molecule has 0 spiro atoms. The maximum atomic E-state index is 11.4. The Morgan fingerprint density at radius 2 is 1.64 bits per heavy atom. The quantitative estimate of drug-likeness (QED) is 0.384. The second kappa shape index (κ2) is 4.17. The molecule has 0 fully saturated rings. The Bertz CT molecular complexity index is 257. The molecule has 0 bridgehead atoms. The Kier molecular flexibility index (Phi) is 4.19. The van der Waals surface area contributed by atoms with E-state index in [4.69, 9.17) is 0 Å². The monoisotopic (exact) mass is 162 g/mol. The van der Waals surface area contributed by atoms with Gasteiger partial charge in [0.2, 0.25) is 0 Å². The molecular weight excluding hydrogens is 150 g/mol. The van der Waals surface area contributed by atoms with Gasteiger partial charge in [-0.25, -0.2) is 0 Å². The van der Waals surface area contributed by atoms with Gasteiger partial charge < -0.3 is 5.99 Å². The summed E-state index contributed by atoms with van der Waals surface area (Å²) in [5, 5.41) is 0.954. The fraction of sp³-hybridized carbons (Fsp3) is 0.250. The van der Waals surface area contributed by atoms with Crippen LogP contribution in [-0.4, -0.2) is 13.3 Å². The van der Waals surface area contributed by atoms with Gasteiger partial charge in [-0.15, -0.1) is 0 Å². The van der Waals surface area contributed by atoms with Crippen molar-refractivity contribution in [3.63, 3.8) is 0 Å². The SMILES string of the molecule is CP(C)(=O)c1ccccc1.[H-].[Li+]. The van der Waals surface area contributed by atoms with Crippen LogP contribution in [0.1, 0.15) is 1.43 Å². The smallest absolute Gasteiger partial charge is 1.00 e. The molecule has 0 aliphatic rings. The molecule has 1 aromatic carbocycles. The molecule has 0 saturated heterocycles. The summed E-state index contributed by atoms with van der Waals surface area (Å²) >= 11 is 0. The number of benzene rings is 1. The molecule has 1 aromatic rings. The van der Waals surface area contributed by atoms with E-state index in [9.17, 15) is 4.57 Å². The summed E-state index contributed by atoms with van der Waals surface area (Å²) in [6.45, 7) is 3.56. The Labute approximate surface area is 81.2 Å². The minimum Gasteiger partial charge on any atom is -1.00 e. The van der Waals surface area contributed by atoms with Gasteiger partial charge in [0.15, 0.2) is 0 Å². The van der Waals surface area contributed by atoms with E-state index in [-0.39, 0.29) is 20.3 Å². The standard InChI is InChI=1S/C8H11OP.Li.H/c1-10(2,9)8-6-4-3-5-7-8;;/h3-7H,1-2H3;;/q;+1;-1. The molecule has 1 rings (SSSR count). The zero-order valence-corrected chi connectivity index (χ0v) is 8.14. The summed E-state index contributed by atoms with van der Waals surface area (Å²) in [4.78, 5) is 0. The molecule has 0 heterocycles. The largest absolute Gasteiger partial charge is 1.00 e. The van der Waals surface area contributed by atoms with Crippen molar-refractivity contribution in [1.29, 1.82) is 0 Å². The van der Waals surface area contributed by atoms with Gasteiger partial charge in [0.1, 0.15) is 7.14 Å². The van der Waals surface area contributed by atoms with Gasteiger partial charge in [-0.2, -0.15) is 0 Å². The van der Waals surface area contributed by atoms with E-state index in [1.54, 1.807) is 13.3 Å². The normalized spacial score (nSPS) is 10.4. The molecule has 0 atom stereocenters. The predicted octanol–water partition coefficient (Wildman–Crippen LogP) is -0.949. The summed E-state index contributed by atoms with van der Waals surface area (Å²) in [6, 6.07) is 9.56. The van der Waals surface area contributed by atoms with Crippen molar-refractivity contribution in [3.8, 4) is 0 Å². The first-order valence-electron chi connectivity index (χ1n) is 3.21. The fourth-order valence-corrected chi connectivity index (χ4v) is 1.68. The minimum atomic E-state index is -2.02. The van der Waals surface area contributed by atoms with Crippen LogP contribution in [0.5, 0.6) is 0 Å². The van der Waals surface area contributed by atoms with Crippen molar-refractivity contribution >= 4 is 12.4 Å². The molecule has 56 valence electrons. The van der Waals surface area contributed by atoms with Crippen LogP contribution in [0.4, 0.5) is 0 Å². The molecule has 0 amide bonds. The second-order valence-electron chi connectivity index (χ2n) is 2.69. The molecule has 3 heteroatoms. The van der Waals surface area contributed by atoms with Gasteiger partial charge in [0, 0.05) is 5.30 Å². The molecule has 0 aliphatic heterocycles. The van der Waals surface area contributed by atoms with Crippen LogP contribution in [0.3, 0.4) is 0 Å². The first kappa shape index (κ1) is 11.0. The Hall–Kier alpha value is 0.0474. The van der Waals surface area contributed by atoms with E-state index in [1.807, 2.05) is 30.3 Å². The van der Waals surface area contributed by atoms with Crippen LogP contribution in [0.25, 0.3) is 0 Å². The minimum absolute atomic E-state index is 0. The maximum Gasteiger partial charge on any atom is 1.00 e. The number of hydrogen-bond donors (Lipinski definition) is 0. The Morgan fingerprint density at radius 3 is 1.91 bits per heavy atom. The average Bonchev–Trinajstić information content (AvgIpc) is 1.88. The third-order valence-corrected chi connectivity index (χ3v) is 2.92. The molecule has 0 saturated carbocycles. The van der Waals surface area contributed by atoms with Crippen molar-refractivity contribution in [2.24, 2.45) is 0 Å². The van der Waals surface area contributed by atoms with E-state index < -0.39 is 7.14 Å². The first-order chi connectivity index (χ1) is 4.61. The van der Waals surface area contributed by atoms with Gasteiger partial charge in [0.05, 0.1) is 0 Å². The van der Waals surface area contributed by atoms with Gasteiger partial charge in [0.25, 0.3) is 0 Å². The maximum absolute atomic E-state index is 11.4. The van der Waals surface area contributed by atoms with Crippen LogP contribution in [-0.2, 0) is 4.57 Å². The van der Waals surface area contributed by atoms with E-state index >= 15 is 0 Å². The van der Waals surface area contributed by atoms with Crippen molar-refractivity contribution in [2.45, 2.75) is 0 Å². The van der Waals surface area contributed by atoms with Gasteiger partial charge in [-0.05, 0) is 13.3 Å². The summed E-state index contributed by atoms with van der Waals surface area (Å²) in [7, 11) is -2.02. The third-order valence-electron chi connectivity index (χ3n) is 1.38. The van der Waals surface area contributed by atoms with Crippen LogP contribution in [0, 0.1) is 0 Å². The molecule has 0 unspecified atom stereocenters. The van der Waals surface area contributed by atoms with Crippen molar-refractivity contribution < 1.29 is 24.9 Å². The van der Waals surface area contributed by atoms with Crippen LogP contribution in [0.2, 0.25) is 0 Å². The van der Waals surface area contributed by atoms with Gasteiger partial charge in [-0.3, -0.25) is 0 Å². The van der Waals surface area contributed by atoms with Crippen LogP contribution in [0.15, 0.2) is 30.3 Å². The topological polar surface area (TPSA) is 17.1 Å². The summed E-state index contributed by atoms with van der Waals surface area (Å²) in [6.07, 6.45) is 0. The fourth-order valence-electron chi connectivity index (χ4n) is 0.787. The summed E-state index contributed by atoms with van der Waals surface area (Å²) in [5.74, 6) is 0. The molecular formula is C8H12LiOP. The number of hydrogen-bond acceptors (Lipinski definition) is 1. The second-order valence-corrected chi connectivity index (χ2v) is 5.90. The molecule has 11 heavy (non-hydrogen) atoms. The molecule has 0 radical (unpaired) electrons.